The number of anilines is 1. The van der Waals surface area contributed by atoms with Crippen molar-refractivity contribution in [3.05, 3.63) is 76.7 Å². The van der Waals surface area contributed by atoms with E-state index in [2.05, 4.69) is 5.32 Å². The van der Waals surface area contributed by atoms with Gasteiger partial charge in [0.1, 0.15) is 9.96 Å². The highest BCUT2D eigenvalue weighted by Gasteiger charge is 2.29. The Labute approximate surface area is 173 Å². The first-order chi connectivity index (χ1) is 14.0. The zero-order valence-corrected chi connectivity index (χ0v) is 17.4. The lowest BCUT2D eigenvalue weighted by Crippen LogP contribution is -2.35. The number of ether oxygens (including phenoxy) is 1. The summed E-state index contributed by atoms with van der Waals surface area (Å²) in [6.45, 7) is 0.737. The summed E-state index contributed by atoms with van der Waals surface area (Å²) in [6, 6.07) is 15.9. The number of sulfonamides is 1. The summed E-state index contributed by atoms with van der Waals surface area (Å²) in [5.41, 5.74) is 3.12. The number of hydrogen-bond acceptors (Lipinski definition) is 5. The molecule has 0 aliphatic carbocycles. The first-order valence-corrected chi connectivity index (χ1v) is 11.4. The van der Waals surface area contributed by atoms with Gasteiger partial charge < -0.3 is 10.1 Å². The molecule has 0 radical (unpaired) electrons. The minimum Gasteiger partial charge on any atom is -0.497 e. The monoisotopic (exact) mass is 428 g/mol. The van der Waals surface area contributed by atoms with Crippen LogP contribution in [0.15, 0.2) is 64.2 Å². The Bertz CT molecular complexity index is 1140. The zero-order valence-electron chi connectivity index (χ0n) is 15.8. The van der Waals surface area contributed by atoms with Crippen molar-refractivity contribution in [1.29, 1.82) is 0 Å². The average Bonchev–Trinajstić information content (AvgIpc) is 3.29. The van der Waals surface area contributed by atoms with Crippen LogP contribution in [0.1, 0.15) is 21.5 Å². The number of carbonyl (C=O) groups excluding carboxylic acids is 1. The van der Waals surface area contributed by atoms with Crippen LogP contribution in [-0.2, 0) is 23.0 Å². The molecule has 29 heavy (non-hydrogen) atoms. The first-order valence-electron chi connectivity index (χ1n) is 9.08. The van der Waals surface area contributed by atoms with Crippen molar-refractivity contribution >= 4 is 33.0 Å². The first kappa shape index (κ1) is 19.6. The van der Waals surface area contributed by atoms with E-state index in [0.717, 1.165) is 11.1 Å². The Morgan fingerprint density at radius 3 is 2.72 bits per heavy atom. The largest absolute Gasteiger partial charge is 0.497 e. The van der Waals surface area contributed by atoms with E-state index in [9.17, 15) is 13.2 Å². The van der Waals surface area contributed by atoms with E-state index in [0.29, 0.717) is 40.7 Å². The molecule has 3 aromatic rings. The van der Waals surface area contributed by atoms with Gasteiger partial charge in [-0.05, 0) is 59.3 Å². The van der Waals surface area contributed by atoms with Gasteiger partial charge in [0.25, 0.3) is 15.9 Å². The van der Waals surface area contributed by atoms with Crippen molar-refractivity contribution in [2.24, 2.45) is 0 Å². The number of methoxy groups -OCH3 is 1. The Hall–Kier alpha value is -2.68. The van der Waals surface area contributed by atoms with E-state index in [1.165, 1.54) is 15.6 Å². The van der Waals surface area contributed by atoms with Gasteiger partial charge in [0.2, 0.25) is 0 Å². The summed E-state index contributed by atoms with van der Waals surface area (Å²) in [4.78, 5) is 12.6. The van der Waals surface area contributed by atoms with Crippen LogP contribution in [0.4, 0.5) is 5.69 Å². The van der Waals surface area contributed by atoms with E-state index >= 15 is 0 Å². The normalized spacial score (nSPS) is 14.2. The molecule has 1 aromatic heterocycles. The highest BCUT2D eigenvalue weighted by Crippen LogP contribution is 2.29. The molecule has 0 unspecified atom stereocenters. The van der Waals surface area contributed by atoms with E-state index < -0.39 is 10.0 Å². The number of carbonyl (C=O) groups is 1. The highest BCUT2D eigenvalue weighted by molar-refractivity contribution is 7.91. The predicted octanol–water partition coefficient (Wildman–Crippen LogP) is 3.76. The summed E-state index contributed by atoms with van der Waals surface area (Å²) in [5, 5.41) is 4.64. The lowest BCUT2D eigenvalue weighted by molar-refractivity contribution is 0.102. The van der Waals surface area contributed by atoms with E-state index in [4.69, 9.17) is 4.74 Å². The Balaban J connectivity index is 1.54. The molecule has 0 fully saturated rings. The quantitative estimate of drug-likeness (QED) is 0.671. The van der Waals surface area contributed by atoms with Crippen LogP contribution < -0.4 is 10.1 Å². The van der Waals surface area contributed by atoms with Gasteiger partial charge in [0.05, 0.1) is 7.11 Å². The summed E-state index contributed by atoms with van der Waals surface area (Å²) < 4.78 is 32.6. The number of hydrogen-bond donors (Lipinski definition) is 1. The Kier molecular flexibility index (Phi) is 5.40. The van der Waals surface area contributed by atoms with Crippen LogP contribution in [0.3, 0.4) is 0 Å². The van der Waals surface area contributed by atoms with Crippen molar-refractivity contribution in [1.82, 2.24) is 4.31 Å². The molecule has 0 atom stereocenters. The fourth-order valence-corrected chi connectivity index (χ4v) is 5.88. The molecule has 1 aliphatic rings. The summed E-state index contributed by atoms with van der Waals surface area (Å²) >= 11 is 1.22. The molecule has 0 bridgehead atoms. The van der Waals surface area contributed by atoms with Crippen molar-refractivity contribution in [3.8, 4) is 5.75 Å². The number of nitrogens with one attached hydrogen (secondary N) is 1. The fraction of sp³-hybridized carbons (Fsp3) is 0.190. The van der Waals surface area contributed by atoms with Crippen LogP contribution in [0.25, 0.3) is 0 Å². The van der Waals surface area contributed by atoms with Crippen molar-refractivity contribution in [3.63, 3.8) is 0 Å². The molecule has 0 saturated heterocycles. The average molecular weight is 429 g/mol. The predicted molar refractivity (Wildman–Crippen MR) is 113 cm³/mol. The number of thiophene rings is 1. The number of nitrogens with zero attached hydrogens (tertiary/aromatic N) is 1. The third-order valence-electron chi connectivity index (χ3n) is 4.86. The van der Waals surface area contributed by atoms with Gasteiger partial charge in [-0.25, -0.2) is 8.42 Å². The molecule has 4 rings (SSSR count). The third kappa shape index (κ3) is 4.05. The number of rotatable bonds is 5. The minimum absolute atomic E-state index is 0.247. The molecule has 150 valence electrons. The second-order valence-corrected chi connectivity index (χ2v) is 9.80. The summed E-state index contributed by atoms with van der Waals surface area (Å²) in [5.74, 6) is 0.361. The molecular weight excluding hydrogens is 408 g/mol. The van der Waals surface area contributed by atoms with Crippen molar-refractivity contribution in [2.45, 2.75) is 17.2 Å². The molecule has 0 spiro atoms. The highest BCUT2D eigenvalue weighted by atomic mass is 32.2. The van der Waals surface area contributed by atoms with Crippen LogP contribution in [0.5, 0.6) is 5.75 Å². The zero-order chi connectivity index (χ0) is 20.4. The Morgan fingerprint density at radius 1 is 1.10 bits per heavy atom. The smallest absolute Gasteiger partial charge is 0.255 e. The molecule has 2 heterocycles. The molecule has 1 N–H and O–H groups in total. The van der Waals surface area contributed by atoms with Gasteiger partial charge >= 0.3 is 0 Å². The SMILES string of the molecule is COc1cccc(C(=O)Nc2ccc3c(c2)CN(S(=O)(=O)c2cccs2)CC3)c1. The lowest BCUT2D eigenvalue weighted by Gasteiger charge is -2.28. The van der Waals surface area contributed by atoms with Crippen molar-refractivity contribution in [2.75, 3.05) is 19.0 Å². The maximum absolute atomic E-state index is 12.8. The third-order valence-corrected chi connectivity index (χ3v) is 8.08. The number of fused-ring (bicyclic) bond motifs is 1. The van der Waals surface area contributed by atoms with Gasteiger partial charge in [-0.15, -0.1) is 11.3 Å². The number of amides is 1. The van der Waals surface area contributed by atoms with Gasteiger partial charge in [0, 0.05) is 24.3 Å². The standard InChI is InChI=1S/C21H20N2O4S2/c1-27-19-5-2-4-16(13-19)21(24)22-18-8-7-15-9-10-23(14-17(15)12-18)29(25,26)20-6-3-11-28-20/h2-8,11-13H,9-10,14H2,1H3,(H,22,24). The van der Waals surface area contributed by atoms with E-state index in [1.54, 1.807) is 48.9 Å². The van der Waals surface area contributed by atoms with E-state index in [1.807, 2.05) is 18.2 Å². The molecule has 0 saturated carbocycles. The molecular formula is C21H20N2O4S2. The van der Waals surface area contributed by atoms with Gasteiger partial charge in [-0.3, -0.25) is 4.79 Å². The second kappa shape index (κ2) is 7.98. The van der Waals surface area contributed by atoms with Crippen LogP contribution in [0.2, 0.25) is 0 Å². The molecule has 1 amide bonds. The Morgan fingerprint density at radius 2 is 1.97 bits per heavy atom. The van der Waals surface area contributed by atoms with Crippen molar-refractivity contribution < 1.29 is 17.9 Å². The summed E-state index contributed by atoms with van der Waals surface area (Å²) in [6.07, 6.45) is 0.643. The second-order valence-electron chi connectivity index (χ2n) is 6.69. The molecule has 1 aliphatic heterocycles. The maximum atomic E-state index is 12.8. The van der Waals surface area contributed by atoms with Gasteiger partial charge in [0.15, 0.2) is 0 Å². The lowest BCUT2D eigenvalue weighted by atomic mass is 10.0. The summed E-state index contributed by atoms with van der Waals surface area (Å²) in [7, 11) is -1.95. The molecule has 2 aromatic carbocycles. The van der Waals surface area contributed by atoms with Crippen LogP contribution in [-0.4, -0.2) is 32.3 Å². The van der Waals surface area contributed by atoms with Gasteiger partial charge in [-0.1, -0.05) is 18.2 Å². The maximum Gasteiger partial charge on any atom is 0.255 e. The fourth-order valence-electron chi connectivity index (χ4n) is 3.32. The number of benzene rings is 2. The van der Waals surface area contributed by atoms with E-state index in [-0.39, 0.29) is 5.91 Å². The van der Waals surface area contributed by atoms with Crippen LogP contribution in [0, 0.1) is 0 Å². The topological polar surface area (TPSA) is 75.7 Å². The van der Waals surface area contributed by atoms with Crippen LogP contribution >= 0.6 is 11.3 Å². The van der Waals surface area contributed by atoms with Gasteiger partial charge in [-0.2, -0.15) is 4.31 Å². The molecule has 6 nitrogen and oxygen atoms in total. The minimum atomic E-state index is -3.50. The molecule has 8 heteroatoms.